The smallest absolute Gasteiger partial charge is 0.291 e. The molecule has 1 aromatic heterocycles. The number of hydrogen-bond acceptors (Lipinski definition) is 6. The van der Waals surface area contributed by atoms with Crippen molar-refractivity contribution in [2.45, 2.75) is 45.3 Å². The molecule has 7 heteroatoms. The van der Waals surface area contributed by atoms with Crippen molar-refractivity contribution in [3.05, 3.63) is 17.1 Å². The lowest BCUT2D eigenvalue weighted by Crippen LogP contribution is -2.63. The van der Waals surface area contributed by atoms with E-state index in [1.807, 2.05) is 20.8 Å². The number of aliphatic hydroxyl groups is 1. The van der Waals surface area contributed by atoms with Crippen LogP contribution in [0.5, 0.6) is 0 Å². The van der Waals surface area contributed by atoms with Crippen molar-refractivity contribution in [3.63, 3.8) is 0 Å². The van der Waals surface area contributed by atoms with Crippen LogP contribution in [0.25, 0.3) is 0 Å². The van der Waals surface area contributed by atoms with Gasteiger partial charge < -0.3 is 19.8 Å². The molecular formula is C18H29N5O2. The van der Waals surface area contributed by atoms with Crippen molar-refractivity contribution >= 4 is 11.7 Å². The quantitative estimate of drug-likeness (QED) is 0.870. The van der Waals surface area contributed by atoms with Gasteiger partial charge in [0.25, 0.3) is 5.91 Å². The Morgan fingerprint density at radius 1 is 1.32 bits per heavy atom. The Kier molecular flexibility index (Phi) is 4.72. The van der Waals surface area contributed by atoms with Crippen molar-refractivity contribution in [1.29, 1.82) is 0 Å². The second-order valence-corrected chi connectivity index (χ2v) is 7.67. The van der Waals surface area contributed by atoms with E-state index in [4.69, 9.17) is 0 Å². The Hall–Kier alpha value is -1.73. The van der Waals surface area contributed by atoms with Gasteiger partial charge in [0.05, 0.1) is 18.7 Å². The molecule has 0 aliphatic carbocycles. The second-order valence-electron chi connectivity index (χ2n) is 7.67. The Labute approximate surface area is 149 Å². The Morgan fingerprint density at radius 3 is 2.56 bits per heavy atom. The Bertz CT molecular complexity index is 670. The van der Waals surface area contributed by atoms with Crippen LogP contribution < -0.4 is 4.90 Å². The molecule has 1 atom stereocenters. The summed E-state index contributed by atoms with van der Waals surface area (Å²) in [5.74, 6) is 0.918. The van der Waals surface area contributed by atoms with Gasteiger partial charge in [-0.1, -0.05) is 6.92 Å². The summed E-state index contributed by atoms with van der Waals surface area (Å²) >= 11 is 0. The predicted octanol–water partition coefficient (Wildman–Crippen LogP) is 0.831. The van der Waals surface area contributed by atoms with Crippen LogP contribution in [0.4, 0.5) is 5.82 Å². The molecule has 25 heavy (non-hydrogen) atoms. The van der Waals surface area contributed by atoms with Gasteiger partial charge in [0, 0.05) is 30.4 Å². The minimum absolute atomic E-state index is 0.189. The van der Waals surface area contributed by atoms with E-state index in [1.165, 1.54) is 0 Å². The highest BCUT2D eigenvalue weighted by atomic mass is 16.3. The van der Waals surface area contributed by atoms with Crippen molar-refractivity contribution in [1.82, 2.24) is 19.8 Å². The highest BCUT2D eigenvalue weighted by Gasteiger charge is 2.43. The summed E-state index contributed by atoms with van der Waals surface area (Å²) in [5, 5.41) is 10.1. The SMILES string of the molecule is CCC1(O)CN(C(=O)c2nc(C)c(C)c(N3CC[C@@H](N(C)C)C3)n2)C1. The van der Waals surface area contributed by atoms with Crippen LogP contribution in [0, 0.1) is 13.8 Å². The summed E-state index contributed by atoms with van der Waals surface area (Å²) in [5.41, 5.74) is 1.13. The van der Waals surface area contributed by atoms with E-state index in [1.54, 1.807) is 4.90 Å². The fourth-order valence-electron chi connectivity index (χ4n) is 3.55. The summed E-state index contributed by atoms with van der Waals surface area (Å²) in [4.78, 5) is 27.8. The van der Waals surface area contributed by atoms with E-state index < -0.39 is 5.60 Å². The van der Waals surface area contributed by atoms with E-state index >= 15 is 0 Å². The van der Waals surface area contributed by atoms with Crippen LogP contribution >= 0.6 is 0 Å². The predicted molar refractivity (Wildman–Crippen MR) is 97.0 cm³/mol. The normalized spacial score (nSPS) is 22.4. The minimum Gasteiger partial charge on any atom is -0.386 e. The van der Waals surface area contributed by atoms with Crippen molar-refractivity contribution in [2.75, 3.05) is 45.2 Å². The molecule has 2 aliphatic rings. The average Bonchev–Trinajstić information content (AvgIpc) is 3.03. The largest absolute Gasteiger partial charge is 0.386 e. The summed E-state index contributed by atoms with van der Waals surface area (Å²) in [6.45, 7) is 8.45. The molecule has 0 unspecified atom stereocenters. The summed E-state index contributed by atoms with van der Waals surface area (Å²) in [7, 11) is 4.19. The van der Waals surface area contributed by atoms with Gasteiger partial charge in [-0.15, -0.1) is 0 Å². The number of carbonyl (C=O) groups excluding carboxylic acids is 1. The number of hydrogen-bond donors (Lipinski definition) is 1. The highest BCUT2D eigenvalue weighted by molar-refractivity contribution is 5.92. The van der Waals surface area contributed by atoms with Gasteiger partial charge in [0.1, 0.15) is 5.82 Å². The second kappa shape index (κ2) is 6.53. The van der Waals surface area contributed by atoms with Crippen LogP contribution in [0.15, 0.2) is 0 Å². The number of aryl methyl sites for hydroxylation is 1. The highest BCUT2D eigenvalue weighted by Crippen LogP contribution is 2.28. The lowest BCUT2D eigenvalue weighted by atomic mass is 9.91. The van der Waals surface area contributed by atoms with Gasteiger partial charge in [-0.05, 0) is 40.8 Å². The molecule has 1 N–H and O–H groups in total. The number of carbonyl (C=O) groups is 1. The molecule has 3 rings (SSSR count). The number of aromatic nitrogens is 2. The lowest BCUT2D eigenvalue weighted by Gasteiger charge is -2.45. The van der Waals surface area contributed by atoms with Crippen LogP contribution in [0.2, 0.25) is 0 Å². The molecule has 2 aliphatic heterocycles. The molecule has 138 valence electrons. The Morgan fingerprint density at radius 2 is 2.00 bits per heavy atom. The van der Waals surface area contributed by atoms with E-state index in [-0.39, 0.29) is 11.7 Å². The van der Waals surface area contributed by atoms with Gasteiger partial charge in [-0.3, -0.25) is 4.79 Å². The number of nitrogens with zero attached hydrogens (tertiary/aromatic N) is 5. The molecule has 0 bridgehead atoms. The maximum Gasteiger partial charge on any atom is 0.291 e. The number of anilines is 1. The third-order valence-electron chi connectivity index (χ3n) is 5.66. The number of β-amino-alcohol motifs (C(OH)–C–C–N with tert-alkyl or cyclic N) is 1. The van der Waals surface area contributed by atoms with Gasteiger partial charge in [0.2, 0.25) is 5.82 Å². The molecule has 0 aromatic carbocycles. The molecule has 0 spiro atoms. The number of amides is 1. The van der Waals surface area contributed by atoms with E-state index in [0.29, 0.717) is 25.6 Å². The molecule has 0 saturated carbocycles. The molecule has 0 radical (unpaired) electrons. The first-order valence-corrected chi connectivity index (χ1v) is 9.02. The number of rotatable bonds is 4. The summed E-state index contributed by atoms with van der Waals surface area (Å²) in [6.07, 6.45) is 1.74. The van der Waals surface area contributed by atoms with Crippen LogP contribution in [0.1, 0.15) is 41.6 Å². The number of likely N-dealkylation sites (tertiary alicyclic amines) is 1. The molecule has 1 aromatic rings. The molecule has 3 heterocycles. The van der Waals surface area contributed by atoms with Gasteiger partial charge in [-0.25, -0.2) is 9.97 Å². The van der Waals surface area contributed by atoms with Crippen molar-refractivity contribution in [2.24, 2.45) is 0 Å². The van der Waals surface area contributed by atoms with Gasteiger partial charge >= 0.3 is 0 Å². The van der Waals surface area contributed by atoms with Crippen LogP contribution in [-0.4, -0.2) is 82.7 Å². The molecule has 1 amide bonds. The standard InChI is InChI=1S/C18H29N5O2/c1-6-18(25)10-23(11-18)17(24)15-19-13(3)12(2)16(20-15)22-8-7-14(9-22)21(4)5/h14,25H,6-11H2,1-5H3/t14-/m1/s1. The van der Waals surface area contributed by atoms with Gasteiger partial charge in [0.15, 0.2) is 0 Å². The fraction of sp³-hybridized carbons (Fsp3) is 0.722. The zero-order valence-corrected chi connectivity index (χ0v) is 15.9. The lowest BCUT2D eigenvalue weighted by molar-refractivity contribution is -0.0830. The van der Waals surface area contributed by atoms with Gasteiger partial charge in [-0.2, -0.15) is 0 Å². The zero-order chi connectivity index (χ0) is 18.4. The fourth-order valence-corrected chi connectivity index (χ4v) is 3.55. The first kappa shape index (κ1) is 18.1. The monoisotopic (exact) mass is 347 g/mol. The minimum atomic E-state index is -0.744. The first-order chi connectivity index (χ1) is 11.7. The van der Waals surface area contributed by atoms with Crippen molar-refractivity contribution < 1.29 is 9.90 Å². The Balaban J connectivity index is 1.81. The molecule has 2 fully saturated rings. The maximum absolute atomic E-state index is 12.7. The molecular weight excluding hydrogens is 318 g/mol. The topological polar surface area (TPSA) is 72.8 Å². The average molecular weight is 347 g/mol. The zero-order valence-electron chi connectivity index (χ0n) is 15.9. The van der Waals surface area contributed by atoms with Crippen LogP contribution in [0.3, 0.4) is 0 Å². The summed E-state index contributed by atoms with van der Waals surface area (Å²) < 4.78 is 0. The van der Waals surface area contributed by atoms with E-state index in [9.17, 15) is 9.90 Å². The first-order valence-electron chi connectivity index (χ1n) is 9.02. The maximum atomic E-state index is 12.7. The third kappa shape index (κ3) is 3.35. The summed E-state index contributed by atoms with van der Waals surface area (Å²) in [6, 6.07) is 0.503. The third-order valence-corrected chi connectivity index (χ3v) is 5.66. The van der Waals surface area contributed by atoms with E-state index in [2.05, 4.69) is 33.9 Å². The molecule has 2 saturated heterocycles. The van der Waals surface area contributed by atoms with E-state index in [0.717, 1.165) is 36.6 Å². The van der Waals surface area contributed by atoms with Crippen molar-refractivity contribution in [3.8, 4) is 0 Å². The number of likely N-dealkylation sites (N-methyl/N-ethyl adjacent to an activating group) is 1. The molecule has 7 nitrogen and oxygen atoms in total. The van der Waals surface area contributed by atoms with Crippen LogP contribution in [-0.2, 0) is 0 Å².